The van der Waals surface area contributed by atoms with E-state index in [-0.39, 0.29) is 24.5 Å². The molecule has 0 unspecified atom stereocenters. The van der Waals surface area contributed by atoms with Gasteiger partial charge < -0.3 is 15.0 Å². The number of fused-ring (bicyclic) bond motifs is 1. The second kappa shape index (κ2) is 10.7. The van der Waals surface area contributed by atoms with E-state index in [0.29, 0.717) is 13.1 Å². The molecule has 0 radical (unpaired) electrons. The third kappa shape index (κ3) is 5.29. The zero-order valence-electron chi connectivity index (χ0n) is 19.4. The van der Waals surface area contributed by atoms with Gasteiger partial charge in [-0.3, -0.25) is 9.59 Å². The number of para-hydroxylation sites is 1. The van der Waals surface area contributed by atoms with Crippen molar-refractivity contribution in [1.29, 1.82) is 0 Å². The van der Waals surface area contributed by atoms with Gasteiger partial charge in [0, 0.05) is 22.9 Å². The van der Waals surface area contributed by atoms with Gasteiger partial charge in [-0.1, -0.05) is 23.4 Å². The molecule has 1 aromatic carbocycles. The van der Waals surface area contributed by atoms with Gasteiger partial charge in [-0.25, -0.2) is 4.68 Å². The summed E-state index contributed by atoms with van der Waals surface area (Å²) in [5.41, 5.74) is 2.50. The first-order valence-electron chi connectivity index (χ1n) is 11.6. The van der Waals surface area contributed by atoms with Gasteiger partial charge in [0.1, 0.15) is 18.1 Å². The smallest absolute Gasteiger partial charge is 0.248 e. The Bertz CT molecular complexity index is 1290. The summed E-state index contributed by atoms with van der Waals surface area (Å²) in [4.78, 5) is 31.0. The largest absolute Gasteiger partial charge is 0.376 e. The van der Waals surface area contributed by atoms with Crippen LogP contribution in [0.15, 0.2) is 53.2 Å². The van der Waals surface area contributed by atoms with Crippen LogP contribution in [-0.4, -0.2) is 51.0 Å². The highest BCUT2D eigenvalue weighted by Gasteiger charge is 2.34. The molecule has 35 heavy (non-hydrogen) atoms. The number of amides is 2. The molecular weight excluding hydrogens is 482 g/mol. The van der Waals surface area contributed by atoms with E-state index in [4.69, 9.17) is 4.74 Å². The van der Waals surface area contributed by atoms with Crippen LogP contribution in [0.4, 0.5) is 0 Å². The maximum absolute atomic E-state index is 13.8. The fraction of sp³-hybridized carbons (Fsp3) is 0.360. The van der Waals surface area contributed by atoms with Gasteiger partial charge >= 0.3 is 0 Å². The molecule has 0 aliphatic carbocycles. The molecule has 1 fully saturated rings. The van der Waals surface area contributed by atoms with Crippen molar-refractivity contribution in [3.8, 4) is 0 Å². The lowest BCUT2D eigenvalue weighted by atomic mass is 10.1. The molecule has 0 spiro atoms. The molecule has 1 N–H and O–H groups in total. The van der Waals surface area contributed by atoms with Gasteiger partial charge in [-0.15, -0.1) is 27.8 Å². The number of hydrogen-bond donors (Lipinski definition) is 1. The summed E-state index contributed by atoms with van der Waals surface area (Å²) in [7, 11) is 0. The minimum atomic E-state index is -0.749. The summed E-state index contributed by atoms with van der Waals surface area (Å²) >= 11 is 3.06. The summed E-state index contributed by atoms with van der Waals surface area (Å²) in [5, 5.41) is 15.4. The number of carbonyl (C=O) groups excluding carboxylic acids is 2. The van der Waals surface area contributed by atoms with Gasteiger partial charge in [-0.05, 0) is 60.4 Å². The van der Waals surface area contributed by atoms with Crippen LogP contribution in [0.1, 0.15) is 34.2 Å². The highest BCUT2D eigenvalue weighted by Crippen LogP contribution is 2.32. The standard InChI is InChI=1S/C25H27N5O3S2/c1-17-10-13-35-24(17)23(25(32)26-14-18-6-4-11-33-18)29(15-19-7-5-12-34-19)22(31)16-30-21-9-3-2-8-20(21)27-28-30/h2-3,5,7-10,12-13,18,23H,4,6,11,14-16H2,1H3,(H,26,32)/t18-,23+/m1/s1. The van der Waals surface area contributed by atoms with Gasteiger partial charge in [0.2, 0.25) is 11.8 Å². The summed E-state index contributed by atoms with van der Waals surface area (Å²) in [6.07, 6.45) is 1.95. The summed E-state index contributed by atoms with van der Waals surface area (Å²) in [6.45, 7) is 3.46. The molecule has 1 aliphatic heterocycles. The van der Waals surface area contributed by atoms with Gasteiger partial charge in [-0.2, -0.15) is 0 Å². The van der Waals surface area contributed by atoms with Crippen molar-refractivity contribution in [1.82, 2.24) is 25.2 Å². The zero-order valence-corrected chi connectivity index (χ0v) is 21.1. The van der Waals surface area contributed by atoms with Gasteiger partial charge in [0.25, 0.3) is 0 Å². The normalized spacial score (nSPS) is 16.4. The van der Waals surface area contributed by atoms with Crippen molar-refractivity contribution in [2.75, 3.05) is 13.2 Å². The predicted molar refractivity (Wildman–Crippen MR) is 136 cm³/mol. The zero-order chi connectivity index (χ0) is 24.2. The van der Waals surface area contributed by atoms with Crippen molar-refractivity contribution in [2.45, 2.75) is 45.0 Å². The first-order valence-corrected chi connectivity index (χ1v) is 13.4. The van der Waals surface area contributed by atoms with E-state index in [1.807, 2.05) is 60.1 Å². The van der Waals surface area contributed by atoms with Crippen LogP contribution >= 0.6 is 22.7 Å². The number of hydrogen-bond acceptors (Lipinski definition) is 7. The van der Waals surface area contributed by atoms with Crippen molar-refractivity contribution < 1.29 is 14.3 Å². The molecule has 4 aromatic rings. The molecule has 2 atom stereocenters. The fourth-order valence-electron chi connectivity index (χ4n) is 4.33. The van der Waals surface area contributed by atoms with Gasteiger partial charge in [0.05, 0.1) is 18.2 Å². The number of benzene rings is 1. The lowest BCUT2D eigenvalue weighted by Crippen LogP contribution is -2.45. The molecule has 2 amide bonds. The Morgan fingerprint density at radius 2 is 2.09 bits per heavy atom. The number of carbonyl (C=O) groups is 2. The first kappa shape index (κ1) is 23.7. The Balaban J connectivity index is 1.46. The molecule has 182 valence electrons. The molecule has 5 rings (SSSR count). The summed E-state index contributed by atoms with van der Waals surface area (Å²) < 4.78 is 7.29. The van der Waals surface area contributed by atoms with Crippen molar-refractivity contribution in [2.24, 2.45) is 0 Å². The van der Waals surface area contributed by atoms with Crippen LogP contribution in [0.2, 0.25) is 0 Å². The fourth-order valence-corrected chi connectivity index (χ4v) is 6.07. The molecule has 3 aromatic heterocycles. The molecule has 1 saturated heterocycles. The van der Waals surface area contributed by atoms with Crippen molar-refractivity contribution in [3.63, 3.8) is 0 Å². The Hall–Kier alpha value is -3.08. The second-order valence-corrected chi connectivity index (χ2v) is 10.6. The minimum Gasteiger partial charge on any atom is -0.376 e. The Morgan fingerprint density at radius 3 is 2.83 bits per heavy atom. The van der Waals surface area contributed by atoms with Crippen LogP contribution in [0, 0.1) is 6.92 Å². The number of thiophene rings is 2. The highest BCUT2D eigenvalue weighted by molar-refractivity contribution is 7.10. The number of rotatable bonds is 9. The van der Waals surface area contributed by atoms with E-state index >= 15 is 0 Å². The lowest BCUT2D eigenvalue weighted by Gasteiger charge is -2.31. The average Bonchev–Trinajstić information content (AvgIpc) is 3.67. The lowest BCUT2D eigenvalue weighted by molar-refractivity contribution is -0.142. The molecule has 0 saturated carbocycles. The van der Waals surface area contributed by atoms with Crippen LogP contribution in [0.5, 0.6) is 0 Å². The summed E-state index contributed by atoms with van der Waals surface area (Å²) in [6, 6.07) is 12.7. The molecule has 10 heteroatoms. The van der Waals surface area contributed by atoms with Crippen molar-refractivity contribution >= 4 is 45.5 Å². The number of ether oxygens (including phenoxy) is 1. The molecule has 0 bridgehead atoms. The minimum absolute atomic E-state index is 0.00811. The monoisotopic (exact) mass is 509 g/mol. The van der Waals surface area contributed by atoms with E-state index in [9.17, 15) is 9.59 Å². The number of aryl methyl sites for hydroxylation is 1. The first-order chi connectivity index (χ1) is 17.1. The topological polar surface area (TPSA) is 89.4 Å². The molecular formula is C25H27N5O3S2. The average molecular weight is 510 g/mol. The Kier molecular flexibility index (Phi) is 7.21. The van der Waals surface area contributed by atoms with Crippen LogP contribution in [0.3, 0.4) is 0 Å². The van der Waals surface area contributed by atoms with Gasteiger partial charge in [0.15, 0.2) is 0 Å². The van der Waals surface area contributed by atoms with E-state index in [0.717, 1.165) is 45.8 Å². The quantitative estimate of drug-likeness (QED) is 0.369. The number of nitrogens with zero attached hydrogens (tertiary/aromatic N) is 4. The highest BCUT2D eigenvalue weighted by atomic mass is 32.1. The third-order valence-corrected chi connectivity index (χ3v) is 8.10. The van der Waals surface area contributed by atoms with Crippen LogP contribution in [-0.2, 0) is 27.4 Å². The van der Waals surface area contributed by atoms with Crippen molar-refractivity contribution in [3.05, 3.63) is 68.5 Å². The SMILES string of the molecule is Cc1ccsc1[C@@H](C(=O)NC[C@H]1CCCO1)N(Cc1cccs1)C(=O)Cn1nnc2ccccc21. The van der Waals surface area contributed by atoms with E-state index in [1.165, 1.54) is 11.3 Å². The van der Waals surface area contributed by atoms with E-state index in [1.54, 1.807) is 20.9 Å². The van der Waals surface area contributed by atoms with Crippen LogP contribution < -0.4 is 5.32 Å². The van der Waals surface area contributed by atoms with E-state index in [2.05, 4.69) is 15.6 Å². The van der Waals surface area contributed by atoms with Crippen LogP contribution in [0.25, 0.3) is 11.0 Å². The maximum Gasteiger partial charge on any atom is 0.248 e. The molecule has 1 aliphatic rings. The number of nitrogens with one attached hydrogen (secondary N) is 1. The Morgan fingerprint density at radius 1 is 1.20 bits per heavy atom. The third-order valence-electron chi connectivity index (χ3n) is 6.17. The van der Waals surface area contributed by atoms with E-state index < -0.39 is 6.04 Å². The predicted octanol–water partition coefficient (Wildman–Crippen LogP) is 3.93. The second-order valence-electron chi connectivity index (χ2n) is 8.59. The summed E-state index contributed by atoms with van der Waals surface area (Å²) in [5.74, 6) is -0.390. The number of aromatic nitrogens is 3. The maximum atomic E-state index is 13.8. The molecule has 8 nitrogen and oxygen atoms in total. The molecule has 4 heterocycles. The Labute approximate surface area is 211 Å².